The van der Waals surface area contributed by atoms with Crippen molar-refractivity contribution in [2.24, 2.45) is 0 Å². The van der Waals surface area contributed by atoms with Crippen LogP contribution in [0.4, 0.5) is 4.79 Å². The predicted molar refractivity (Wildman–Crippen MR) is 64.6 cm³/mol. The molecule has 5 heteroatoms. The van der Waals surface area contributed by atoms with Crippen molar-refractivity contribution in [3.05, 3.63) is 0 Å². The molecule has 17 heavy (non-hydrogen) atoms. The Morgan fingerprint density at radius 1 is 0.941 bits per heavy atom. The van der Waals surface area contributed by atoms with Crippen LogP contribution in [0.15, 0.2) is 0 Å². The Kier molecular flexibility index (Phi) is 4.23. The van der Waals surface area contributed by atoms with Gasteiger partial charge in [-0.3, -0.25) is 4.79 Å². The van der Waals surface area contributed by atoms with Crippen LogP contribution in [0.3, 0.4) is 0 Å². The first kappa shape index (κ1) is 12.2. The Morgan fingerprint density at radius 2 is 1.59 bits per heavy atom. The molecule has 3 amide bonds. The van der Waals surface area contributed by atoms with E-state index in [4.69, 9.17) is 0 Å². The molecule has 5 nitrogen and oxygen atoms in total. The van der Waals surface area contributed by atoms with Crippen molar-refractivity contribution in [2.45, 2.75) is 57.0 Å². The van der Waals surface area contributed by atoms with Crippen LogP contribution in [-0.2, 0) is 4.79 Å². The summed E-state index contributed by atoms with van der Waals surface area (Å²) in [4.78, 5) is 22.8. The summed E-state index contributed by atoms with van der Waals surface area (Å²) in [5.74, 6) is 0.0358. The molecule has 3 N–H and O–H groups in total. The van der Waals surface area contributed by atoms with Gasteiger partial charge >= 0.3 is 6.03 Å². The molecule has 2 saturated carbocycles. The maximum atomic E-state index is 11.5. The summed E-state index contributed by atoms with van der Waals surface area (Å²) in [5, 5.41) is 8.54. The third-order valence-corrected chi connectivity index (χ3v) is 3.27. The minimum Gasteiger partial charge on any atom is -0.353 e. The van der Waals surface area contributed by atoms with Crippen LogP contribution in [0, 0.1) is 0 Å². The van der Waals surface area contributed by atoms with Crippen molar-refractivity contribution in [2.75, 3.05) is 6.54 Å². The lowest BCUT2D eigenvalue weighted by atomic mass is 10.2. The fraction of sp³-hybridized carbons (Fsp3) is 0.833. The Hall–Kier alpha value is -1.26. The van der Waals surface area contributed by atoms with Crippen LogP contribution in [0.5, 0.6) is 0 Å². The largest absolute Gasteiger partial charge is 0.353 e. The zero-order valence-corrected chi connectivity index (χ0v) is 10.1. The van der Waals surface area contributed by atoms with Gasteiger partial charge in [-0.1, -0.05) is 12.8 Å². The predicted octanol–water partition coefficient (Wildman–Crippen LogP) is 0.897. The van der Waals surface area contributed by atoms with Crippen LogP contribution in [0.1, 0.15) is 44.9 Å². The van der Waals surface area contributed by atoms with E-state index in [1.807, 2.05) is 0 Å². The lowest BCUT2D eigenvalue weighted by molar-refractivity contribution is -0.121. The van der Waals surface area contributed by atoms with Gasteiger partial charge in [-0.15, -0.1) is 0 Å². The lowest BCUT2D eigenvalue weighted by Gasteiger charge is -2.12. The van der Waals surface area contributed by atoms with E-state index in [0.29, 0.717) is 25.0 Å². The van der Waals surface area contributed by atoms with Crippen molar-refractivity contribution in [3.63, 3.8) is 0 Å². The van der Waals surface area contributed by atoms with Gasteiger partial charge in [0.15, 0.2) is 0 Å². The van der Waals surface area contributed by atoms with Gasteiger partial charge in [-0.2, -0.15) is 0 Å². The minimum atomic E-state index is -0.142. The monoisotopic (exact) mass is 239 g/mol. The first-order valence-electron chi connectivity index (χ1n) is 6.58. The number of hydrogen-bond donors (Lipinski definition) is 3. The first-order chi connectivity index (χ1) is 8.24. The van der Waals surface area contributed by atoms with Crippen molar-refractivity contribution in [1.82, 2.24) is 16.0 Å². The van der Waals surface area contributed by atoms with E-state index < -0.39 is 0 Å². The zero-order valence-electron chi connectivity index (χ0n) is 10.1. The van der Waals surface area contributed by atoms with Crippen LogP contribution in [0.2, 0.25) is 0 Å². The highest BCUT2D eigenvalue weighted by atomic mass is 16.2. The molecule has 0 unspecified atom stereocenters. The van der Waals surface area contributed by atoms with E-state index >= 15 is 0 Å². The van der Waals surface area contributed by atoms with E-state index in [0.717, 1.165) is 25.7 Å². The van der Waals surface area contributed by atoms with Gasteiger partial charge in [0.05, 0.1) is 0 Å². The molecule has 0 heterocycles. The van der Waals surface area contributed by atoms with Gasteiger partial charge in [0.25, 0.3) is 0 Å². The average Bonchev–Trinajstić information content (AvgIpc) is 2.93. The molecular weight excluding hydrogens is 218 g/mol. The maximum absolute atomic E-state index is 11.5. The number of hydrogen-bond acceptors (Lipinski definition) is 2. The van der Waals surface area contributed by atoms with Gasteiger partial charge in [0, 0.05) is 25.0 Å². The fourth-order valence-electron chi connectivity index (χ4n) is 2.12. The fourth-order valence-corrected chi connectivity index (χ4v) is 2.12. The number of rotatable bonds is 5. The molecule has 2 rings (SSSR count). The van der Waals surface area contributed by atoms with Crippen molar-refractivity contribution < 1.29 is 9.59 Å². The van der Waals surface area contributed by atoms with Gasteiger partial charge in [-0.25, -0.2) is 4.79 Å². The van der Waals surface area contributed by atoms with E-state index in [-0.39, 0.29) is 11.9 Å². The Labute approximate surface area is 102 Å². The SMILES string of the molecule is O=C(CCNC(=O)NC1CCCC1)NC1CC1. The average molecular weight is 239 g/mol. The smallest absolute Gasteiger partial charge is 0.315 e. The molecule has 2 aliphatic rings. The van der Waals surface area contributed by atoms with Gasteiger partial charge in [0.1, 0.15) is 0 Å². The molecule has 0 spiro atoms. The molecule has 0 aliphatic heterocycles. The summed E-state index contributed by atoms with van der Waals surface area (Å²) in [6.45, 7) is 0.414. The summed E-state index contributed by atoms with van der Waals surface area (Å²) >= 11 is 0. The highest BCUT2D eigenvalue weighted by Gasteiger charge is 2.23. The number of carbonyl (C=O) groups excluding carboxylic acids is 2. The molecule has 0 bridgehead atoms. The zero-order chi connectivity index (χ0) is 12.1. The van der Waals surface area contributed by atoms with E-state index in [1.165, 1.54) is 12.8 Å². The molecule has 0 radical (unpaired) electrons. The Balaban J connectivity index is 1.51. The third kappa shape index (κ3) is 4.63. The van der Waals surface area contributed by atoms with E-state index in [2.05, 4.69) is 16.0 Å². The topological polar surface area (TPSA) is 70.2 Å². The minimum absolute atomic E-state index is 0.0358. The first-order valence-corrected chi connectivity index (χ1v) is 6.58. The Bertz CT molecular complexity index is 283. The summed E-state index contributed by atoms with van der Waals surface area (Å²) in [5.41, 5.74) is 0. The van der Waals surface area contributed by atoms with Gasteiger partial charge in [-0.05, 0) is 25.7 Å². The van der Waals surface area contributed by atoms with Crippen LogP contribution in [-0.4, -0.2) is 30.6 Å². The summed E-state index contributed by atoms with van der Waals surface area (Å²) in [7, 11) is 0. The van der Waals surface area contributed by atoms with Gasteiger partial charge < -0.3 is 16.0 Å². The number of nitrogens with one attached hydrogen (secondary N) is 3. The highest BCUT2D eigenvalue weighted by Crippen LogP contribution is 2.18. The van der Waals surface area contributed by atoms with Crippen LogP contribution >= 0.6 is 0 Å². The number of urea groups is 1. The van der Waals surface area contributed by atoms with E-state index in [9.17, 15) is 9.59 Å². The molecule has 2 aliphatic carbocycles. The van der Waals surface area contributed by atoms with Crippen LogP contribution in [0.25, 0.3) is 0 Å². The summed E-state index contributed by atoms with van der Waals surface area (Å²) in [6, 6.07) is 0.584. The highest BCUT2D eigenvalue weighted by molar-refractivity contribution is 5.78. The number of amides is 3. The third-order valence-electron chi connectivity index (χ3n) is 3.27. The Morgan fingerprint density at radius 3 is 2.24 bits per heavy atom. The summed E-state index contributed by atoms with van der Waals surface area (Å²) in [6.07, 6.45) is 7.13. The normalized spacial score (nSPS) is 20.0. The molecule has 0 saturated heterocycles. The molecular formula is C12H21N3O2. The standard InChI is InChI=1S/C12H21N3O2/c16-11(14-10-5-6-10)7-8-13-12(17)15-9-3-1-2-4-9/h9-10H,1-8H2,(H,14,16)(H2,13,15,17). The molecule has 2 fully saturated rings. The van der Waals surface area contributed by atoms with Crippen molar-refractivity contribution >= 4 is 11.9 Å². The maximum Gasteiger partial charge on any atom is 0.315 e. The lowest BCUT2D eigenvalue weighted by Crippen LogP contribution is -2.42. The van der Waals surface area contributed by atoms with E-state index in [1.54, 1.807) is 0 Å². The van der Waals surface area contributed by atoms with Crippen molar-refractivity contribution in [3.8, 4) is 0 Å². The molecule has 0 aromatic heterocycles. The summed E-state index contributed by atoms with van der Waals surface area (Å²) < 4.78 is 0. The quantitative estimate of drug-likeness (QED) is 0.667. The second-order valence-electron chi connectivity index (χ2n) is 4.97. The van der Waals surface area contributed by atoms with Crippen molar-refractivity contribution in [1.29, 1.82) is 0 Å². The molecule has 0 aromatic carbocycles. The second kappa shape index (κ2) is 5.89. The van der Waals surface area contributed by atoms with Gasteiger partial charge in [0.2, 0.25) is 5.91 Å². The second-order valence-corrected chi connectivity index (χ2v) is 4.97. The molecule has 0 atom stereocenters. The molecule has 96 valence electrons. The number of carbonyl (C=O) groups is 2. The molecule has 0 aromatic rings. The van der Waals surface area contributed by atoms with Crippen LogP contribution < -0.4 is 16.0 Å².